The fourth-order valence-electron chi connectivity index (χ4n) is 8.01. The quantitative estimate of drug-likeness (QED) is 0.0426. The van der Waals surface area contributed by atoms with E-state index in [4.69, 9.17) is 11.5 Å². The van der Waals surface area contributed by atoms with E-state index in [1.165, 1.54) is 11.8 Å². The van der Waals surface area contributed by atoms with Gasteiger partial charge in [-0.2, -0.15) is 11.8 Å². The number of likely N-dealkylation sites (tertiary alicyclic amines) is 1. The third kappa shape index (κ3) is 20.7. The van der Waals surface area contributed by atoms with Crippen molar-refractivity contribution in [2.45, 2.75) is 167 Å². The number of thioether (sulfide) groups is 1. The van der Waals surface area contributed by atoms with E-state index in [0.717, 1.165) is 0 Å². The SMILES string of the molecule is CC[C@H](C)[C@H](NC(=O)[C@@H](NC(=O)[C@H](CC(C)C)NC(=O)[C@H](Cc1ccccc1)NC(=O)CNC(=O)[C@@H](NC(=O)[C@H](CCCCN)NC(=O)[C@@H]1CCCN1C(=O)[C@@H](N)CCSC)[C@@H](C)O)[C@@H](C)CC)C(=O)O. The molecule has 13 N–H and O–H groups in total. The number of rotatable bonds is 32. The number of nitrogens with two attached hydrogens (primary N) is 2. The van der Waals surface area contributed by atoms with Crippen LogP contribution in [0.1, 0.15) is 112 Å². The van der Waals surface area contributed by atoms with Crippen molar-refractivity contribution in [1.82, 2.24) is 42.1 Å². The number of nitrogens with zero attached hydrogens (tertiary/aromatic N) is 1. The maximum absolute atomic E-state index is 14.1. The fourth-order valence-corrected chi connectivity index (χ4v) is 8.50. The summed E-state index contributed by atoms with van der Waals surface area (Å²) in [7, 11) is 0. The van der Waals surface area contributed by atoms with Gasteiger partial charge in [0.05, 0.1) is 18.7 Å². The number of hydrogen-bond acceptors (Lipinski definition) is 13. The zero-order chi connectivity index (χ0) is 53.4. The van der Waals surface area contributed by atoms with Crippen molar-refractivity contribution in [3.05, 3.63) is 35.9 Å². The van der Waals surface area contributed by atoms with Gasteiger partial charge in [-0.3, -0.25) is 38.4 Å². The van der Waals surface area contributed by atoms with Crippen molar-refractivity contribution < 1.29 is 53.4 Å². The lowest BCUT2D eigenvalue weighted by atomic mass is 9.94. The van der Waals surface area contributed by atoms with E-state index in [1.807, 2.05) is 27.0 Å². The third-order valence-electron chi connectivity index (χ3n) is 12.7. The van der Waals surface area contributed by atoms with Crippen LogP contribution in [0, 0.1) is 17.8 Å². The normalized spacial score (nSPS) is 17.7. The molecule has 22 heteroatoms. The molecule has 0 aliphatic carbocycles. The number of nitrogens with one attached hydrogen (secondary N) is 7. The molecule has 0 spiro atoms. The van der Waals surface area contributed by atoms with E-state index in [1.54, 1.807) is 62.9 Å². The fraction of sp³-hybridized carbons (Fsp3) is 0.694. The molecule has 0 unspecified atom stereocenters. The first-order chi connectivity index (χ1) is 33.6. The van der Waals surface area contributed by atoms with Crippen LogP contribution >= 0.6 is 11.8 Å². The van der Waals surface area contributed by atoms with Crippen LogP contribution in [-0.4, -0.2) is 154 Å². The average molecular weight is 1020 g/mol. The number of carboxylic acid groups (broad SMARTS) is 1. The molecule has 400 valence electrons. The first kappa shape index (κ1) is 61.8. The summed E-state index contributed by atoms with van der Waals surface area (Å²) in [6, 6.07) is -0.483. The Kier molecular flexibility index (Phi) is 27.8. The number of carboxylic acids is 1. The van der Waals surface area contributed by atoms with E-state index in [2.05, 4.69) is 37.2 Å². The molecule has 1 aromatic carbocycles. The lowest BCUT2D eigenvalue weighted by Crippen LogP contribution is -2.60. The van der Waals surface area contributed by atoms with Gasteiger partial charge in [0, 0.05) is 13.0 Å². The summed E-state index contributed by atoms with van der Waals surface area (Å²) < 4.78 is 0. The third-order valence-corrected chi connectivity index (χ3v) is 13.3. The van der Waals surface area contributed by atoms with Gasteiger partial charge < -0.3 is 63.8 Å². The number of aliphatic hydroxyl groups excluding tert-OH is 1. The highest BCUT2D eigenvalue weighted by Crippen LogP contribution is 2.20. The Bertz CT molecular complexity index is 1910. The minimum Gasteiger partial charge on any atom is -0.480 e. The average Bonchev–Trinajstić information content (AvgIpc) is 3.83. The number of aliphatic carboxylic acids is 1. The molecule has 1 fully saturated rings. The van der Waals surface area contributed by atoms with Crippen LogP contribution in [-0.2, 0) is 49.6 Å². The largest absolute Gasteiger partial charge is 0.480 e. The minimum absolute atomic E-state index is 0.0340. The molecule has 1 heterocycles. The molecule has 21 nitrogen and oxygen atoms in total. The highest BCUT2D eigenvalue weighted by molar-refractivity contribution is 7.98. The van der Waals surface area contributed by atoms with Crippen LogP contribution in [0.2, 0.25) is 0 Å². The molecule has 71 heavy (non-hydrogen) atoms. The first-order valence-corrected chi connectivity index (χ1v) is 26.3. The van der Waals surface area contributed by atoms with Gasteiger partial charge in [0.2, 0.25) is 47.3 Å². The Morgan fingerprint density at radius 2 is 1.32 bits per heavy atom. The maximum atomic E-state index is 14.1. The van der Waals surface area contributed by atoms with Crippen LogP contribution < -0.4 is 48.7 Å². The van der Waals surface area contributed by atoms with Gasteiger partial charge in [-0.15, -0.1) is 0 Å². The molecule has 1 aromatic rings. The molecule has 0 radical (unpaired) electrons. The molecule has 11 atom stereocenters. The second-order valence-corrected chi connectivity index (χ2v) is 19.9. The van der Waals surface area contributed by atoms with Gasteiger partial charge >= 0.3 is 5.97 Å². The summed E-state index contributed by atoms with van der Waals surface area (Å²) in [5.41, 5.74) is 12.5. The van der Waals surface area contributed by atoms with Gasteiger partial charge in [0.1, 0.15) is 42.3 Å². The molecule has 0 aromatic heterocycles. The van der Waals surface area contributed by atoms with Crippen molar-refractivity contribution >= 4 is 65.0 Å². The number of amides is 8. The standard InChI is InChI=1S/C49H82N10O11S/c1-9-29(5)39(47(67)57-40(49(69)70)30(6)10-2)56-44(64)35(25-28(3)4)55-43(63)36(26-32-17-12-11-13-18-32)53-38(61)27-52-46(66)41(31(7)60)58-42(62)34(19-14-15-22-50)54-45(65)37-20-16-23-59(37)48(68)33(51)21-24-71-8/h11-13,17-18,28-31,33-37,39-41,60H,9-10,14-16,19-27,50-51H2,1-8H3,(H,52,66)(H,53,61)(H,54,65)(H,55,63)(H,56,64)(H,57,67)(H,58,62)(H,69,70)/t29-,30-,31+,33-,34-,35-,36-,37-,39-,40-,41-/m0/s1. The number of carbonyl (C=O) groups excluding carboxylic acids is 8. The number of carbonyl (C=O) groups is 9. The van der Waals surface area contributed by atoms with E-state index >= 15 is 0 Å². The van der Waals surface area contributed by atoms with Crippen LogP contribution in [0.3, 0.4) is 0 Å². The summed E-state index contributed by atoms with van der Waals surface area (Å²) in [6.45, 7) is 11.9. The summed E-state index contributed by atoms with van der Waals surface area (Å²) in [6.07, 6.45) is 3.90. The molecule has 1 aliphatic heterocycles. The predicted molar refractivity (Wildman–Crippen MR) is 271 cm³/mol. The van der Waals surface area contributed by atoms with Crippen LogP contribution in [0.5, 0.6) is 0 Å². The molecule has 1 aliphatic rings. The summed E-state index contributed by atoms with van der Waals surface area (Å²) in [5, 5.41) is 38.8. The van der Waals surface area contributed by atoms with E-state index in [0.29, 0.717) is 69.4 Å². The molecular formula is C49H82N10O11S. The van der Waals surface area contributed by atoms with E-state index < -0.39 is 120 Å². The van der Waals surface area contributed by atoms with Crippen molar-refractivity contribution in [3.63, 3.8) is 0 Å². The van der Waals surface area contributed by atoms with Crippen molar-refractivity contribution in [2.75, 3.05) is 31.6 Å². The van der Waals surface area contributed by atoms with Gasteiger partial charge in [-0.25, -0.2) is 4.79 Å². The Balaban J connectivity index is 2.27. The maximum Gasteiger partial charge on any atom is 0.326 e. The topological polar surface area (TPSA) is 334 Å². The zero-order valence-electron chi connectivity index (χ0n) is 42.8. The second-order valence-electron chi connectivity index (χ2n) is 19.0. The van der Waals surface area contributed by atoms with Crippen molar-refractivity contribution in [1.29, 1.82) is 0 Å². The van der Waals surface area contributed by atoms with Gasteiger partial charge in [-0.1, -0.05) is 84.7 Å². The van der Waals surface area contributed by atoms with E-state index in [-0.39, 0.29) is 31.1 Å². The van der Waals surface area contributed by atoms with Crippen molar-refractivity contribution in [2.24, 2.45) is 29.2 Å². The van der Waals surface area contributed by atoms with E-state index in [9.17, 15) is 53.4 Å². The van der Waals surface area contributed by atoms with Crippen LogP contribution in [0.4, 0.5) is 0 Å². The number of benzene rings is 1. The number of aliphatic hydroxyl groups is 1. The molecule has 1 saturated heterocycles. The lowest BCUT2D eigenvalue weighted by Gasteiger charge is -2.30. The highest BCUT2D eigenvalue weighted by atomic mass is 32.2. The predicted octanol–water partition coefficient (Wildman–Crippen LogP) is 0.0582. The molecule has 8 amide bonds. The Morgan fingerprint density at radius 3 is 1.90 bits per heavy atom. The van der Waals surface area contributed by atoms with Gasteiger partial charge in [0.15, 0.2) is 0 Å². The molecule has 0 saturated carbocycles. The number of hydrogen-bond donors (Lipinski definition) is 11. The zero-order valence-corrected chi connectivity index (χ0v) is 43.6. The molecule has 2 rings (SSSR count). The Hall–Kier alpha value is -5.32. The van der Waals surface area contributed by atoms with Crippen LogP contribution in [0.25, 0.3) is 0 Å². The lowest BCUT2D eigenvalue weighted by molar-refractivity contribution is -0.144. The monoisotopic (exact) mass is 1020 g/mol. The highest BCUT2D eigenvalue weighted by Gasteiger charge is 2.39. The summed E-state index contributed by atoms with van der Waals surface area (Å²) in [5.74, 6) is -7.09. The summed E-state index contributed by atoms with van der Waals surface area (Å²) >= 11 is 1.55. The molecular weight excluding hydrogens is 937 g/mol. The second kappa shape index (κ2) is 31.9. The minimum atomic E-state index is -1.59. The first-order valence-electron chi connectivity index (χ1n) is 24.9. The Morgan fingerprint density at radius 1 is 0.732 bits per heavy atom. The van der Waals surface area contributed by atoms with Gasteiger partial charge in [-0.05, 0) is 93.7 Å². The van der Waals surface area contributed by atoms with Gasteiger partial charge in [0.25, 0.3) is 0 Å². The summed E-state index contributed by atoms with van der Waals surface area (Å²) in [4.78, 5) is 123. The Labute approximate surface area is 423 Å². The van der Waals surface area contributed by atoms with Crippen molar-refractivity contribution in [3.8, 4) is 0 Å². The van der Waals surface area contributed by atoms with Crippen LogP contribution in [0.15, 0.2) is 30.3 Å². The molecule has 0 bridgehead atoms. The smallest absolute Gasteiger partial charge is 0.326 e. The number of unbranched alkanes of at least 4 members (excludes halogenated alkanes) is 1.